The quantitative estimate of drug-likeness (QED) is 0.493. The number of fused-ring (bicyclic) bond motifs is 2. The molecule has 0 fully saturated rings. The van der Waals surface area contributed by atoms with Gasteiger partial charge in [0.25, 0.3) is 0 Å². The molecule has 4 rings (SSSR count). The van der Waals surface area contributed by atoms with E-state index in [0.29, 0.717) is 33.3 Å². The Balaban J connectivity index is 2.06. The van der Waals surface area contributed by atoms with Gasteiger partial charge >= 0.3 is 5.63 Å². The van der Waals surface area contributed by atoms with Gasteiger partial charge in [0.2, 0.25) is 0 Å². The summed E-state index contributed by atoms with van der Waals surface area (Å²) in [6, 6.07) is 14.0. The first-order valence-corrected chi connectivity index (χ1v) is 7.34. The Hall–Kier alpha value is -2.72. The van der Waals surface area contributed by atoms with Crippen LogP contribution in [0.1, 0.15) is 0 Å². The van der Waals surface area contributed by atoms with E-state index in [1.807, 2.05) is 24.3 Å². The van der Waals surface area contributed by atoms with Crippen molar-refractivity contribution in [3.05, 3.63) is 64.0 Å². The highest BCUT2D eigenvalue weighted by molar-refractivity contribution is 6.31. The molecular weight excluding hydrogens is 316 g/mol. The predicted octanol–water partition coefficient (Wildman–Crippen LogP) is 4.87. The molecule has 0 radical (unpaired) electrons. The van der Waals surface area contributed by atoms with Crippen LogP contribution in [0.2, 0.25) is 5.02 Å². The fourth-order valence-electron chi connectivity index (χ4n) is 2.67. The molecular formula is C18H11ClO4. The third-order valence-corrected chi connectivity index (χ3v) is 3.93. The van der Waals surface area contributed by atoms with Gasteiger partial charge in [0, 0.05) is 27.4 Å². The number of hydrogen-bond donors (Lipinski definition) is 0. The SMILES string of the molecule is COc1cccc2cc(-c3cc(=O)oc4ccc(Cl)cc34)oc12. The first-order valence-electron chi connectivity index (χ1n) is 6.96. The summed E-state index contributed by atoms with van der Waals surface area (Å²) in [7, 11) is 1.59. The lowest BCUT2D eigenvalue weighted by Crippen LogP contribution is -1.97. The molecule has 23 heavy (non-hydrogen) atoms. The number of benzene rings is 2. The van der Waals surface area contributed by atoms with Crippen molar-refractivity contribution in [2.75, 3.05) is 7.11 Å². The minimum absolute atomic E-state index is 0.442. The van der Waals surface area contributed by atoms with Gasteiger partial charge in [-0.05, 0) is 30.3 Å². The van der Waals surface area contributed by atoms with E-state index in [0.717, 1.165) is 10.8 Å². The van der Waals surface area contributed by atoms with Crippen molar-refractivity contribution in [1.82, 2.24) is 0 Å². The summed E-state index contributed by atoms with van der Waals surface area (Å²) >= 11 is 6.07. The summed E-state index contributed by atoms with van der Waals surface area (Å²) in [5.74, 6) is 1.20. The Morgan fingerprint density at radius 3 is 2.74 bits per heavy atom. The molecule has 2 aromatic carbocycles. The summed E-state index contributed by atoms with van der Waals surface area (Å²) in [5, 5.41) is 2.17. The zero-order valence-corrected chi connectivity index (χ0v) is 12.9. The van der Waals surface area contributed by atoms with Crippen molar-refractivity contribution in [3.63, 3.8) is 0 Å². The van der Waals surface area contributed by atoms with Gasteiger partial charge in [-0.3, -0.25) is 0 Å². The third-order valence-electron chi connectivity index (χ3n) is 3.70. The fourth-order valence-corrected chi connectivity index (χ4v) is 2.84. The van der Waals surface area contributed by atoms with E-state index in [4.69, 9.17) is 25.2 Å². The van der Waals surface area contributed by atoms with Crippen LogP contribution in [0.5, 0.6) is 5.75 Å². The molecule has 0 saturated heterocycles. The van der Waals surface area contributed by atoms with Crippen LogP contribution >= 0.6 is 11.6 Å². The fraction of sp³-hybridized carbons (Fsp3) is 0.0556. The maximum atomic E-state index is 11.8. The molecule has 0 unspecified atom stereocenters. The van der Waals surface area contributed by atoms with Gasteiger partial charge in [0.1, 0.15) is 11.3 Å². The number of hydrogen-bond acceptors (Lipinski definition) is 4. The minimum Gasteiger partial charge on any atom is -0.493 e. The van der Waals surface area contributed by atoms with E-state index >= 15 is 0 Å². The van der Waals surface area contributed by atoms with E-state index < -0.39 is 5.63 Å². The monoisotopic (exact) mass is 326 g/mol. The molecule has 0 N–H and O–H groups in total. The molecule has 0 aliphatic heterocycles. The van der Waals surface area contributed by atoms with Gasteiger partial charge < -0.3 is 13.6 Å². The number of rotatable bonds is 2. The van der Waals surface area contributed by atoms with Crippen LogP contribution in [0.4, 0.5) is 0 Å². The zero-order chi connectivity index (χ0) is 16.0. The van der Waals surface area contributed by atoms with Crippen molar-refractivity contribution in [2.45, 2.75) is 0 Å². The lowest BCUT2D eigenvalue weighted by atomic mass is 10.1. The predicted molar refractivity (Wildman–Crippen MR) is 89.3 cm³/mol. The molecule has 0 saturated carbocycles. The van der Waals surface area contributed by atoms with Crippen LogP contribution in [0, 0.1) is 0 Å². The summed E-state index contributed by atoms with van der Waals surface area (Å²) in [4.78, 5) is 11.8. The Kier molecular flexibility index (Phi) is 3.13. The second-order valence-electron chi connectivity index (χ2n) is 5.11. The Morgan fingerprint density at radius 2 is 1.91 bits per heavy atom. The molecule has 2 aromatic heterocycles. The summed E-state index contributed by atoms with van der Waals surface area (Å²) in [6.45, 7) is 0. The van der Waals surface area contributed by atoms with E-state index in [1.54, 1.807) is 25.3 Å². The van der Waals surface area contributed by atoms with Crippen molar-refractivity contribution in [1.29, 1.82) is 0 Å². The molecule has 114 valence electrons. The number of para-hydroxylation sites is 1. The average Bonchev–Trinajstić information content (AvgIpc) is 2.98. The molecule has 0 bridgehead atoms. The van der Waals surface area contributed by atoms with E-state index in [2.05, 4.69) is 0 Å². The van der Waals surface area contributed by atoms with Crippen molar-refractivity contribution < 1.29 is 13.6 Å². The van der Waals surface area contributed by atoms with E-state index in [1.165, 1.54) is 6.07 Å². The molecule has 0 amide bonds. The molecule has 0 aliphatic rings. The second-order valence-corrected chi connectivity index (χ2v) is 5.55. The molecule has 4 aromatic rings. The summed E-state index contributed by atoms with van der Waals surface area (Å²) < 4.78 is 16.5. The van der Waals surface area contributed by atoms with Gasteiger partial charge in [-0.25, -0.2) is 4.79 Å². The first kappa shape index (κ1) is 13.9. The summed E-state index contributed by atoms with van der Waals surface area (Å²) in [5.41, 5.74) is 1.29. The molecule has 0 atom stereocenters. The van der Waals surface area contributed by atoms with Crippen LogP contribution in [0.15, 0.2) is 62.2 Å². The van der Waals surface area contributed by atoms with Gasteiger partial charge in [-0.1, -0.05) is 23.7 Å². The van der Waals surface area contributed by atoms with Gasteiger partial charge in [-0.15, -0.1) is 0 Å². The van der Waals surface area contributed by atoms with E-state index in [9.17, 15) is 4.79 Å². The first-order chi connectivity index (χ1) is 11.2. The van der Waals surface area contributed by atoms with Crippen LogP contribution in [-0.4, -0.2) is 7.11 Å². The largest absolute Gasteiger partial charge is 0.493 e. The average molecular weight is 327 g/mol. The lowest BCUT2D eigenvalue weighted by Gasteiger charge is -2.03. The lowest BCUT2D eigenvalue weighted by molar-refractivity contribution is 0.411. The summed E-state index contributed by atoms with van der Waals surface area (Å²) in [6.07, 6.45) is 0. The number of ether oxygens (including phenoxy) is 1. The van der Waals surface area contributed by atoms with Crippen LogP contribution in [0.3, 0.4) is 0 Å². The molecule has 5 heteroatoms. The molecule has 0 aliphatic carbocycles. The highest BCUT2D eigenvalue weighted by atomic mass is 35.5. The van der Waals surface area contributed by atoms with Gasteiger partial charge in [-0.2, -0.15) is 0 Å². The van der Waals surface area contributed by atoms with Crippen molar-refractivity contribution in [2.24, 2.45) is 0 Å². The van der Waals surface area contributed by atoms with Crippen LogP contribution in [-0.2, 0) is 0 Å². The Labute approximate surface area is 135 Å². The van der Waals surface area contributed by atoms with Gasteiger partial charge in [0.15, 0.2) is 11.3 Å². The molecule has 0 spiro atoms. The van der Waals surface area contributed by atoms with Crippen molar-refractivity contribution >= 4 is 33.5 Å². The minimum atomic E-state index is -0.442. The molecule has 2 heterocycles. The Bertz CT molecular complexity index is 1090. The third kappa shape index (κ3) is 2.28. The molecule has 4 nitrogen and oxygen atoms in total. The second kappa shape index (κ2) is 5.18. The van der Waals surface area contributed by atoms with Gasteiger partial charge in [0.05, 0.1) is 7.11 Å². The zero-order valence-electron chi connectivity index (χ0n) is 12.1. The number of furan rings is 1. The van der Waals surface area contributed by atoms with Crippen LogP contribution < -0.4 is 10.4 Å². The van der Waals surface area contributed by atoms with E-state index in [-0.39, 0.29) is 0 Å². The number of methoxy groups -OCH3 is 1. The number of halogens is 1. The standard InChI is InChI=1S/C18H11ClO4/c1-21-15-4-2-3-10-7-16(23-18(10)15)13-9-17(20)22-14-6-5-11(19)8-12(13)14/h2-9H,1H3. The maximum absolute atomic E-state index is 11.8. The maximum Gasteiger partial charge on any atom is 0.336 e. The van der Waals surface area contributed by atoms with Crippen LogP contribution in [0.25, 0.3) is 33.3 Å². The Morgan fingerprint density at radius 1 is 1.04 bits per heavy atom. The van der Waals surface area contributed by atoms with Crippen molar-refractivity contribution in [3.8, 4) is 17.1 Å². The smallest absolute Gasteiger partial charge is 0.336 e. The highest BCUT2D eigenvalue weighted by Crippen LogP contribution is 2.36. The topological polar surface area (TPSA) is 52.6 Å². The normalized spacial score (nSPS) is 11.2. The highest BCUT2D eigenvalue weighted by Gasteiger charge is 2.14.